The molecule has 1 fully saturated rings. The smallest absolute Gasteiger partial charge is 0.249 e. The molecule has 522 valence electrons. The maximum Gasteiger partial charge on any atom is 0.249 e. The number of rotatable bonds is 69. The van der Waals surface area contributed by atoms with Gasteiger partial charge in [-0.05, 0) is 51.4 Å². The molecule has 0 spiro atoms. The van der Waals surface area contributed by atoms with Crippen molar-refractivity contribution in [1.82, 2.24) is 5.32 Å². The van der Waals surface area contributed by atoms with Crippen LogP contribution in [-0.2, 0) is 14.3 Å². The molecule has 0 aromatic carbocycles. The summed E-state index contributed by atoms with van der Waals surface area (Å²) in [4.78, 5) is 13.3. The second-order valence-corrected chi connectivity index (χ2v) is 27.4. The van der Waals surface area contributed by atoms with E-state index in [1.54, 1.807) is 0 Å². The summed E-state index contributed by atoms with van der Waals surface area (Å²) in [5.41, 5.74) is 0. The van der Waals surface area contributed by atoms with Crippen LogP contribution in [0.3, 0.4) is 0 Å². The first-order valence-corrected chi connectivity index (χ1v) is 38.7. The molecule has 0 aliphatic carbocycles. The lowest BCUT2D eigenvalue weighted by molar-refractivity contribution is -0.303. The molecule has 9 unspecified atom stereocenters. The highest BCUT2D eigenvalue weighted by atomic mass is 16.7. The molecular formula is C77H149NO10. The van der Waals surface area contributed by atoms with Crippen LogP contribution >= 0.6 is 0 Å². The first-order valence-electron chi connectivity index (χ1n) is 38.7. The number of hydrogen-bond acceptors (Lipinski definition) is 10. The van der Waals surface area contributed by atoms with E-state index in [9.17, 15) is 40.5 Å². The van der Waals surface area contributed by atoms with E-state index < -0.39 is 74.2 Å². The van der Waals surface area contributed by atoms with E-state index in [1.165, 1.54) is 308 Å². The standard InChI is InChI=1S/C77H149NO10/c1-3-5-7-9-11-13-15-17-19-21-23-25-27-28-29-30-31-32-33-34-35-36-37-38-39-40-41-43-45-47-49-51-53-55-57-59-61-63-65-70(81)76(86)78-68(67-87-77-75(85)74(84)73(83)71(66-79)88-77)72(82)69(80)64-62-60-58-56-54-52-50-48-46-44-42-26-24-22-20-18-16-14-12-10-8-6-4-2/h48,50,56,58,68-75,77,79-85H,3-47,49,51-55,57,59-67H2,1-2H3,(H,78,86)/b50-48+,58-56+. The lowest BCUT2D eigenvalue weighted by Gasteiger charge is -2.40. The SMILES string of the molecule is CCCCCCCCCCCCCCCC/C=C/CC/C=C/CCCC(O)C(O)C(COC1OC(CO)C(O)C(O)C1O)NC(=O)C(O)CCCCCCCCCCCCCCCCCCCCCCCCCCCCCCCCCCCCCCCC. The average Bonchev–Trinajstić information content (AvgIpc) is 2.77. The number of ether oxygens (including phenoxy) is 2. The Morgan fingerprint density at radius 3 is 1.01 bits per heavy atom. The molecule has 0 bridgehead atoms. The largest absolute Gasteiger partial charge is 0.394 e. The van der Waals surface area contributed by atoms with Crippen molar-refractivity contribution < 1.29 is 50.0 Å². The van der Waals surface area contributed by atoms with Crippen LogP contribution in [0.25, 0.3) is 0 Å². The molecule has 0 saturated carbocycles. The molecule has 88 heavy (non-hydrogen) atoms. The molecule has 9 atom stereocenters. The molecule has 8 N–H and O–H groups in total. The Labute approximate surface area is 544 Å². The molecule has 1 saturated heterocycles. The van der Waals surface area contributed by atoms with Crippen molar-refractivity contribution in [3.63, 3.8) is 0 Å². The predicted molar refractivity (Wildman–Crippen MR) is 372 cm³/mol. The number of carbonyl (C=O) groups excluding carboxylic acids is 1. The summed E-state index contributed by atoms with van der Waals surface area (Å²) in [6.07, 6.45) is 73.0. The highest BCUT2D eigenvalue weighted by Gasteiger charge is 2.44. The van der Waals surface area contributed by atoms with Crippen LogP contribution in [0.4, 0.5) is 0 Å². The molecule has 1 heterocycles. The lowest BCUT2D eigenvalue weighted by atomic mass is 9.98. The third kappa shape index (κ3) is 52.0. The van der Waals surface area contributed by atoms with Gasteiger partial charge in [-0.3, -0.25) is 4.79 Å². The monoisotopic (exact) mass is 1250 g/mol. The summed E-state index contributed by atoms with van der Waals surface area (Å²) in [6, 6.07) is -1.19. The quantitative estimate of drug-likeness (QED) is 0.0215. The zero-order valence-corrected chi connectivity index (χ0v) is 58.0. The number of aliphatic hydroxyl groups is 7. The van der Waals surface area contributed by atoms with Gasteiger partial charge in [0.05, 0.1) is 25.4 Å². The van der Waals surface area contributed by atoms with Gasteiger partial charge in [-0.15, -0.1) is 0 Å². The first-order chi connectivity index (χ1) is 43.2. The van der Waals surface area contributed by atoms with Gasteiger partial charge in [-0.25, -0.2) is 0 Å². The van der Waals surface area contributed by atoms with Crippen molar-refractivity contribution in [3.8, 4) is 0 Å². The number of carbonyl (C=O) groups is 1. The average molecular weight is 1250 g/mol. The maximum absolute atomic E-state index is 13.3. The molecule has 0 aromatic rings. The molecule has 1 aliphatic rings. The molecule has 11 heteroatoms. The predicted octanol–water partition coefficient (Wildman–Crippen LogP) is 19.5. The van der Waals surface area contributed by atoms with E-state index in [4.69, 9.17) is 9.47 Å². The minimum absolute atomic E-state index is 0.249. The fourth-order valence-corrected chi connectivity index (χ4v) is 12.8. The van der Waals surface area contributed by atoms with Gasteiger partial charge in [0.1, 0.15) is 36.6 Å². The van der Waals surface area contributed by atoms with Gasteiger partial charge in [0, 0.05) is 0 Å². The molecule has 1 amide bonds. The number of unbranched alkanes of at least 4 members (excludes halogenated alkanes) is 53. The number of hydrogen-bond donors (Lipinski definition) is 8. The number of aliphatic hydroxyl groups excluding tert-OH is 7. The van der Waals surface area contributed by atoms with Crippen LogP contribution in [0.5, 0.6) is 0 Å². The van der Waals surface area contributed by atoms with Gasteiger partial charge >= 0.3 is 0 Å². The highest BCUT2D eigenvalue weighted by Crippen LogP contribution is 2.24. The van der Waals surface area contributed by atoms with Crippen molar-refractivity contribution in [2.24, 2.45) is 0 Å². The van der Waals surface area contributed by atoms with Crippen LogP contribution in [0, 0.1) is 0 Å². The Balaban J connectivity index is 2.12. The van der Waals surface area contributed by atoms with Crippen LogP contribution in [-0.4, -0.2) is 110 Å². The second kappa shape index (κ2) is 65.6. The Morgan fingerprint density at radius 1 is 0.386 bits per heavy atom. The summed E-state index contributed by atoms with van der Waals surface area (Å²) >= 11 is 0. The molecule has 1 aliphatic heterocycles. The van der Waals surface area contributed by atoms with E-state index in [0.29, 0.717) is 19.3 Å². The summed E-state index contributed by atoms with van der Waals surface area (Å²) in [5, 5.41) is 76.6. The van der Waals surface area contributed by atoms with E-state index in [2.05, 4.69) is 43.5 Å². The van der Waals surface area contributed by atoms with Crippen molar-refractivity contribution >= 4 is 5.91 Å². The summed E-state index contributed by atoms with van der Waals surface area (Å²) < 4.78 is 11.2. The van der Waals surface area contributed by atoms with Gasteiger partial charge in [0.25, 0.3) is 0 Å². The van der Waals surface area contributed by atoms with Crippen LogP contribution in [0.2, 0.25) is 0 Å². The van der Waals surface area contributed by atoms with E-state index in [-0.39, 0.29) is 12.8 Å². The number of allylic oxidation sites excluding steroid dienone is 4. The van der Waals surface area contributed by atoms with Gasteiger partial charge < -0.3 is 50.5 Å². The van der Waals surface area contributed by atoms with E-state index in [1.807, 2.05) is 0 Å². The third-order valence-corrected chi connectivity index (χ3v) is 19.0. The van der Waals surface area contributed by atoms with Crippen molar-refractivity contribution in [1.29, 1.82) is 0 Å². The Hall–Kier alpha value is -1.41. The van der Waals surface area contributed by atoms with Crippen molar-refractivity contribution in [2.45, 2.75) is 448 Å². The fourth-order valence-electron chi connectivity index (χ4n) is 12.8. The normalized spacial score (nSPS) is 18.7. The second-order valence-electron chi connectivity index (χ2n) is 27.4. The van der Waals surface area contributed by atoms with Crippen LogP contribution in [0.15, 0.2) is 24.3 Å². The molecule has 11 nitrogen and oxygen atoms in total. The molecular weight excluding hydrogens is 1100 g/mol. The highest BCUT2D eigenvalue weighted by molar-refractivity contribution is 5.80. The minimum Gasteiger partial charge on any atom is -0.394 e. The zero-order chi connectivity index (χ0) is 63.9. The van der Waals surface area contributed by atoms with Crippen molar-refractivity contribution in [3.05, 3.63) is 24.3 Å². The third-order valence-electron chi connectivity index (χ3n) is 19.0. The Kier molecular flexibility index (Phi) is 63.1. The fraction of sp³-hybridized carbons (Fsp3) is 0.935. The van der Waals surface area contributed by atoms with Gasteiger partial charge in [0.15, 0.2) is 6.29 Å². The van der Waals surface area contributed by atoms with Crippen LogP contribution < -0.4 is 5.32 Å². The Bertz CT molecular complexity index is 1480. The first kappa shape index (κ1) is 84.6. The van der Waals surface area contributed by atoms with Crippen LogP contribution in [0.1, 0.15) is 393 Å². The topological polar surface area (TPSA) is 189 Å². The zero-order valence-electron chi connectivity index (χ0n) is 58.0. The lowest BCUT2D eigenvalue weighted by Crippen LogP contribution is -2.60. The van der Waals surface area contributed by atoms with Crippen molar-refractivity contribution in [2.75, 3.05) is 13.2 Å². The Morgan fingerprint density at radius 2 is 0.682 bits per heavy atom. The molecule has 1 rings (SSSR count). The minimum atomic E-state index is -1.67. The van der Waals surface area contributed by atoms with Gasteiger partial charge in [-0.1, -0.05) is 366 Å². The summed E-state index contributed by atoms with van der Waals surface area (Å²) in [7, 11) is 0. The number of nitrogens with one attached hydrogen (secondary N) is 1. The molecule has 0 aromatic heterocycles. The summed E-state index contributed by atoms with van der Waals surface area (Å²) in [5.74, 6) is -0.702. The number of amides is 1. The molecule has 0 radical (unpaired) electrons. The van der Waals surface area contributed by atoms with E-state index in [0.717, 1.165) is 38.5 Å². The van der Waals surface area contributed by atoms with Gasteiger partial charge in [0.2, 0.25) is 5.91 Å². The van der Waals surface area contributed by atoms with Gasteiger partial charge in [-0.2, -0.15) is 0 Å². The summed E-state index contributed by atoms with van der Waals surface area (Å²) in [6.45, 7) is 3.50. The maximum atomic E-state index is 13.3. The van der Waals surface area contributed by atoms with E-state index >= 15 is 0 Å².